The zero-order chi connectivity index (χ0) is 22.4. The molecule has 31 heavy (non-hydrogen) atoms. The van der Waals surface area contributed by atoms with E-state index in [1.807, 2.05) is 31.2 Å². The Labute approximate surface area is 187 Å². The van der Waals surface area contributed by atoms with E-state index in [0.29, 0.717) is 11.4 Å². The predicted molar refractivity (Wildman–Crippen MR) is 123 cm³/mol. The first-order valence-corrected chi connectivity index (χ1v) is 11.2. The summed E-state index contributed by atoms with van der Waals surface area (Å²) in [5, 5.41) is 11.7. The molecule has 1 saturated heterocycles. The van der Waals surface area contributed by atoms with Crippen molar-refractivity contribution in [3.05, 3.63) is 63.7 Å². The van der Waals surface area contributed by atoms with E-state index >= 15 is 0 Å². The molecule has 1 aliphatic rings. The molecular weight excluding hydrogens is 410 g/mol. The molecule has 0 N–H and O–H groups in total. The van der Waals surface area contributed by atoms with Gasteiger partial charge in [-0.05, 0) is 57.1 Å². The monoisotopic (exact) mass is 437 g/mol. The van der Waals surface area contributed by atoms with Crippen LogP contribution in [0.5, 0.6) is 0 Å². The lowest BCUT2D eigenvalue weighted by Crippen LogP contribution is -2.43. The van der Waals surface area contributed by atoms with E-state index < -0.39 is 4.92 Å². The molecular formula is C24H27N3O3S. The maximum atomic E-state index is 13.2. The van der Waals surface area contributed by atoms with Crippen molar-refractivity contribution in [3.8, 4) is 12.3 Å². The van der Waals surface area contributed by atoms with Crippen LogP contribution >= 0.6 is 11.8 Å². The van der Waals surface area contributed by atoms with E-state index in [9.17, 15) is 14.9 Å². The zero-order valence-corrected chi connectivity index (χ0v) is 18.7. The van der Waals surface area contributed by atoms with Crippen molar-refractivity contribution >= 4 is 23.4 Å². The van der Waals surface area contributed by atoms with Gasteiger partial charge in [-0.1, -0.05) is 42.3 Å². The van der Waals surface area contributed by atoms with E-state index in [1.165, 1.54) is 17.8 Å². The fourth-order valence-electron chi connectivity index (χ4n) is 3.90. The van der Waals surface area contributed by atoms with E-state index in [1.54, 1.807) is 17.0 Å². The number of likely N-dealkylation sites (N-methyl/N-ethyl adjacent to an activating group) is 1. The lowest BCUT2D eigenvalue weighted by Gasteiger charge is -2.29. The van der Waals surface area contributed by atoms with Crippen LogP contribution in [0.3, 0.4) is 0 Å². The maximum Gasteiger partial charge on any atom is 0.284 e. The van der Waals surface area contributed by atoms with Crippen LogP contribution in [0.2, 0.25) is 0 Å². The van der Waals surface area contributed by atoms with E-state index in [0.717, 1.165) is 36.4 Å². The maximum absolute atomic E-state index is 13.2. The first-order chi connectivity index (χ1) is 14.9. The molecule has 162 valence electrons. The second kappa shape index (κ2) is 10.5. The highest BCUT2D eigenvalue weighted by atomic mass is 32.2. The molecule has 3 rings (SSSR count). The average molecular weight is 438 g/mol. The van der Waals surface area contributed by atoms with Crippen LogP contribution in [0.25, 0.3) is 0 Å². The third-order valence-corrected chi connectivity index (χ3v) is 6.63. The molecule has 0 radical (unpaired) electrons. The minimum absolute atomic E-state index is 0.0758. The number of rotatable bonds is 8. The highest BCUT2D eigenvalue weighted by Gasteiger charge is 2.28. The molecule has 1 aliphatic heterocycles. The van der Waals surface area contributed by atoms with Crippen molar-refractivity contribution in [3.63, 3.8) is 0 Å². The number of carbonyl (C=O) groups excluding carboxylic acids is 1. The topological polar surface area (TPSA) is 66.7 Å². The van der Waals surface area contributed by atoms with Crippen LogP contribution in [0, 0.1) is 29.4 Å². The molecule has 0 aromatic heterocycles. The summed E-state index contributed by atoms with van der Waals surface area (Å²) >= 11 is 1.31. The summed E-state index contributed by atoms with van der Waals surface area (Å²) < 4.78 is 0. The SMILES string of the molecule is C#CCN(CC1CCCN1CC)C(=O)c1ccc(Sc2ccc(C)cc2)c([N+](=O)[O-])c1. The highest BCUT2D eigenvalue weighted by Crippen LogP contribution is 2.35. The minimum Gasteiger partial charge on any atom is -0.326 e. The summed E-state index contributed by atoms with van der Waals surface area (Å²) in [4.78, 5) is 29.9. The van der Waals surface area contributed by atoms with Gasteiger partial charge in [0, 0.05) is 29.1 Å². The quantitative estimate of drug-likeness (QED) is 0.343. The van der Waals surface area contributed by atoms with Gasteiger partial charge in [-0.15, -0.1) is 6.42 Å². The van der Waals surface area contributed by atoms with Gasteiger partial charge < -0.3 is 4.90 Å². The van der Waals surface area contributed by atoms with Crippen molar-refractivity contribution < 1.29 is 9.72 Å². The van der Waals surface area contributed by atoms with Crippen LogP contribution in [0.1, 0.15) is 35.7 Å². The van der Waals surface area contributed by atoms with Gasteiger partial charge in [0.05, 0.1) is 16.4 Å². The van der Waals surface area contributed by atoms with Gasteiger partial charge in [-0.25, -0.2) is 0 Å². The van der Waals surface area contributed by atoms with E-state index in [2.05, 4.69) is 17.7 Å². The fourth-order valence-corrected chi connectivity index (χ4v) is 4.80. The van der Waals surface area contributed by atoms with Gasteiger partial charge in [0.25, 0.3) is 11.6 Å². The summed E-state index contributed by atoms with van der Waals surface area (Å²) in [7, 11) is 0. The molecule has 1 amide bonds. The predicted octanol–water partition coefficient (Wildman–Crippen LogP) is 4.61. The van der Waals surface area contributed by atoms with Crippen LogP contribution in [-0.2, 0) is 0 Å². The van der Waals surface area contributed by atoms with E-state index in [4.69, 9.17) is 6.42 Å². The van der Waals surface area contributed by atoms with Crippen LogP contribution in [0.4, 0.5) is 5.69 Å². The molecule has 1 fully saturated rings. The summed E-state index contributed by atoms with van der Waals surface area (Å²) in [6, 6.07) is 12.7. The Balaban J connectivity index is 1.83. The van der Waals surface area contributed by atoms with Crippen molar-refractivity contribution in [2.45, 2.75) is 42.5 Å². The number of nitrogens with zero attached hydrogens (tertiary/aromatic N) is 3. The molecule has 0 aliphatic carbocycles. The molecule has 2 aromatic carbocycles. The smallest absolute Gasteiger partial charge is 0.284 e. The number of benzene rings is 2. The fraction of sp³-hybridized carbons (Fsp3) is 0.375. The highest BCUT2D eigenvalue weighted by molar-refractivity contribution is 7.99. The molecule has 0 bridgehead atoms. The lowest BCUT2D eigenvalue weighted by molar-refractivity contribution is -0.387. The Morgan fingerprint density at radius 3 is 2.71 bits per heavy atom. The number of nitro benzene ring substituents is 1. The van der Waals surface area contributed by atoms with Crippen molar-refractivity contribution in [2.75, 3.05) is 26.2 Å². The number of hydrogen-bond donors (Lipinski definition) is 0. The first-order valence-electron chi connectivity index (χ1n) is 10.4. The molecule has 6 nitrogen and oxygen atoms in total. The Kier molecular flexibility index (Phi) is 7.72. The van der Waals surface area contributed by atoms with Crippen LogP contribution < -0.4 is 0 Å². The molecule has 2 aromatic rings. The molecule has 1 heterocycles. The number of carbonyl (C=O) groups is 1. The van der Waals surface area contributed by atoms with Gasteiger partial charge in [-0.3, -0.25) is 19.8 Å². The van der Waals surface area contributed by atoms with Gasteiger partial charge in [0.2, 0.25) is 0 Å². The first kappa shape index (κ1) is 22.9. The molecule has 1 atom stereocenters. The van der Waals surface area contributed by atoms with Gasteiger partial charge in [0.1, 0.15) is 0 Å². The molecule has 0 saturated carbocycles. The van der Waals surface area contributed by atoms with Crippen molar-refractivity contribution in [2.24, 2.45) is 0 Å². The Bertz CT molecular complexity index is 985. The summed E-state index contributed by atoms with van der Waals surface area (Å²) in [5.74, 6) is 2.29. The minimum atomic E-state index is -0.436. The summed E-state index contributed by atoms with van der Waals surface area (Å²) in [5.41, 5.74) is 1.33. The van der Waals surface area contributed by atoms with Gasteiger partial charge in [-0.2, -0.15) is 0 Å². The zero-order valence-electron chi connectivity index (χ0n) is 17.9. The van der Waals surface area contributed by atoms with Crippen molar-refractivity contribution in [1.29, 1.82) is 0 Å². The number of likely N-dealkylation sites (tertiary alicyclic amines) is 1. The van der Waals surface area contributed by atoms with E-state index in [-0.39, 0.29) is 29.7 Å². The number of aryl methyl sites for hydroxylation is 1. The second-order valence-corrected chi connectivity index (χ2v) is 8.78. The average Bonchev–Trinajstić information content (AvgIpc) is 3.22. The Morgan fingerprint density at radius 2 is 2.06 bits per heavy atom. The second-order valence-electron chi connectivity index (χ2n) is 7.67. The largest absolute Gasteiger partial charge is 0.326 e. The molecule has 7 heteroatoms. The normalized spacial score (nSPS) is 16.1. The number of amides is 1. The number of hydrogen-bond acceptors (Lipinski definition) is 5. The lowest BCUT2D eigenvalue weighted by atomic mass is 10.1. The standard InChI is InChI=1S/C24H27N3O3S/c1-4-14-26(17-20-7-6-15-25(20)5-2)24(28)19-10-13-23(22(16-19)27(29)30)31-21-11-8-18(3)9-12-21/h1,8-13,16,20H,5-7,14-15,17H2,2-3H3. The van der Waals surface area contributed by atoms with Crippen LogP contribution in [0.15, 0.2) is 52.3 Å². The van der Waals surface area contributed by atoms with Gasteiger partial charge in [0.15, 0.2) is 0 Å². The van der Waals surface area contributed by atoms with Crippen molar-refractivity contribution in [1.82, 2.24) is 9.80 Å². The Morgan fingerprint density at radius 1 is 1.32 bits per heavy atom. The summed E-state index contributed by atoms with van der Waals surface area (Å²) in [6.45, 7) is 6.77. The third-order valence-electron chi connectivity index (χ3n) is 5.56. The Hall–Kier alpha value is -2.82. The number of nitro groups is 1. The molecule has 0 spiro atoms. The summed E-state index contributed by atoms with van der Waals surface area (Å²) in [6.07, 6.45) is 7.64. The van der Waals surface area contributed by atoms with Gasteiger partial charge >= 0.3 is 0 Å². The number of terminal acetylenes is 1. The molecule has 1 unspecified atom stereocenters. The third kappa shape index (κ3) is 5.66. The van der Waals surface area contributed by atoms with Crippen LogP contribution in [-0.4, -0.2) is 52.9 Å².